The summed E-state index contributed by atoms with van der Waals surface area (Å²) in [6.45, 7) is 0.201. The first-order chi connectivity index (χ1) is 8.61. The summed E-state index contributed by atoms with van der Waals surface area (Å²) in [4.78, 5) is 0. The fourth-order valence-electron chi connectivity index (χ4n) is 2.43. The summed E-state index contributed by atoms with van der Waals surface area (Å²) in [7, 11) is 1.44. The van der Waals surface area contributed by atoms with Crippen LogP contribution in [0.5, 0.6) is 11.5 Å². The highest BCUT2D eigenvalue weighted by atomic mass is 19.3. The molecule has 0 bridgehead atoms. The Morgan fingerprint density at radius 2 is 2.11 bits per heavy atom. The van der Waals surface area contributed by atoms with Gasteiger partial charge in [0.25, 0.3) is 0 Å². The lowest BCUT2D eigenvalue weighted by Crippen LogP contribution is -2.21. The van der Waals surface area contributed by atoms with Gasteiger partial charge in [0, 0.05) is 12.0 Å². The predicted molar refractivity (Wildman–Crippen MR) is 64.4 cm³/mol. The van der Waals surface area contributed by atoms with Gasteiger partial charge in [-0.25, -0.2) is 0 Å². The summed E-state index contributed by atoms with van der Waals surface area (Å²) >= 11 is 0. The second-order valence-electron chi connectivity index (χ2n) is 4.43. The largest absolute Gasteiger partial charge is 0.493 e. The van der Waals surface area contributed by atoms with Gasteiger partial charge in [0.1, 0.15) is 0 Å². The first-order valence-corrected chi connectivity index (χ1v) is 5.98. The molecule has 0 aromatic heterocycles. The third kappa shape index (κ3) is 2.72. The molecule has 2 rings (SSSR count). The molecule has 1 aliphatic heterocycles. The van der Waals surface area contributed by atoms with Gasteiger partial charge in [-0.05, 0) is 37.6 Å². The van der Waals surface area contributed by atoms with E-state index < -0.39 is 6.61 Å². The molecule has 0 aliphatic carbocycles. The number of benzene rings is 1. The van der Waals surface area contributed by atoms with Crippen molar-refractivity contribution in [3.63, 3.8) is 0 Å². The lowest BCUT2D eigenvalue weighted by molar-refractivity contribution is -0.0512. The number of hydrogen-bond acceptors (Lipinski definition) is 3. The Bertz CT molecular complexity index is 412. The molecule has 1 fully saturated rings. The molecular formula is C13H17F2NO2. The third-order valence-electron chi connectivity index (χ3n) is 3.36. The van der Waals surface area contributed by atoms with Crippen molar-refractivity contribution >= 4 is 0 Å². The fourth-order valence-corrected chi connectivity index (χ4v) is 2.43. The summed E-state index contributed by atoms with van der Waals surface area (Å²) < 4.78 is 34.2. The van der Waals surface area contributed by atoms with Gasteiger partial charge in [0.05, 0.1) is 7.11 Å². The molecule has 3 nitrogen and oxygen atoms in total. The Labute approximate surface area is 105 Å². The van der Waals surface area contributed by atoms with E-state index in [1.165, 1.54) is 7.11 Å². The van der Waals surface area contributed by atoms with E-state index in [9.17, 15) is 8.78 Å². The van der Waals surface area contributed by atoms with Gasteiger partial charge in [0.2, 0.25) is 0 Å². The van der Waals surface area contributed by atoms with Gasteiger partial charge < -0.3 is 14.8 Å². The van der Waals surface area contributed by atoms with E-state index in [2.05, 4.69) is 17.0 Å². The molecule has 1 aromatic rings. The third-order valence-corrected chi connectivity index (χ3v) is 3.36. The summed E-state index contributed by atoms with van der Waals surface area (Å²) in [6.07, 6.45) is 1.00. The van der Waals surface area contributed by atoms with Crippen molar-refractivity contribution in [1.82, 2.24) is 5.32 Å². The molecule has 0 amide bonds. The Balaban J connectivity index is 2.27. The molecule has 100 valence electrons. The van der Waals surface area contributed by atoms with E-state index in [0.29, 0.717) is 17.7 Å². The maximum Gasteiger partial charge on any atom is 0.387 e. The van der Waals surface area contributed by atoms with Crippen LogP contribution >= 0.6 is 0 Å². The van der Waals surface area contributed by atoms with Gasteiger partial charge in [-0.1, -0.05) is 6.07 Å². The molecular weight excluding hydrogens is 240 g/mol. The molecule has 2 atom stereocenters. The highest BCUT2D eigenvalue weighted by molar-refractivity contribution is 5.44. The van der Waals surface area contributed by atoms with Crippen molar-refractivity contribution < 1.29 is 18.3 Å². The number of halogens is 2. The average molecular weight is 257 g/mol. The van der Waals surface area contributed by atoms with E-state index in [1.807, 2.05) is 6.07 Å². The lowest BCUT2D eigenvalue weighted by Gasteiger charge is -2.18. The van der Waals surface area contributed by atoms with E-state index >= 15 is 0 Å². The van der Waals surface area contributed by atoms with E-state index in [1.54, 1.807) is 12.1 Å². The van der Waals surface area contributed by atoms with Crippen molar-refractivity contribution in [3.05, 3.63) is 23.8 Å². The Kier molecular flexibility index (Phi) is 4.01. The number of nitrogens with one attached hydrogen (secondary N) is 1. The van der Waals surface area contributed by atoms with Crippen LogP contribution in [0.15, 0.2) is 18.2 Å². The summed E-state index contributed by atoms with van der Waals surface area (Å²) in [5.41, 5.74) is 1.00. The van der Waals surface area contributed by atoms with Crippen LogP contribution in [-0.4, -0.2) is 26.3 Å². The smallest absolute Gasteiger partial charge is 0.387 e. The number of rotatable bonds is 4. The second-order valence-corrected chi connectivity index (χ2v) is 4.43. The maximum absolute atomic E-state index is 12.3. The van der Waals surface area contributed by atoms with Crippen LogP contribution < -0.4 is 14.8 Å². The first-order valence-electron chi connectivity index (χ1n) is 5.98. The van der Waals surface area contributed by atoms with Crippen LogP contribution in [0.3, 0.4) is 0 Å². The number of ether oxygens (including phenoxy) is 2. The summed E-state index contributed by atoms with van der Waals surface area (Å²) in [5.74, 6) is 0.762. The molecule has 18 heavy (non-hydrogen) atoms. The van der Waals surface area contributed by atoms with E-state index in [-0.39, 0.29) is 5.75 Å². The van der Waals surface area contributed by atoms with Gasteiger partial charge in [0.15, 0.2) is 11.5 Å². The zero-order chi connectivity index (χ0) is 13.1. The standard InChI is InChI=1S/C13H17F2NO2/c1-8-10(5-6-16-8)9-3-4-11(17-2)12(7-9)18-13(14)15/h3-4,7-8,10,13,16H,5-6H2,1-2H3. The molecule has 2 unspecified atom stereocenters. The van der Waals surface area contributed by atoms with Crippen LogP contribution in [0.2, 0.25) is 0 Å². The highest BCUT2D eigenvalue weighted by Gasteiger charge is 2.25. The Hall–Kier alpha value is -1.36. The molecule has 0 radical (unpaired) electrons. The second kappa shape index (κ2) is 5.52. The zero-order valence-corrected chi connectivity index (χ0v) is 10.5. The highest BCUT2D eigenvalue weighted by Crippen LogP contribution is 2.35. The summed E-state index contributed by atoms with van der Waals surface area (Å²) in [5, 5.41) is 3.34. The quantitative estimate of drug-likeness (QED) is 0.899. The zero-order valence-electron chi connectivity index (χ0n) is 10.5. The Morgan fingerprint density at radius 1 is 1.33 bits per heavy atom. The van der Waals surface area contributed by atoms with Gasteiger partial charge >= 0.3 is 6.61 Å². The minimum atomic E-state index is -2.84. The maximum atomic E-state index is 12.3. The van der Waals surface area contributed by atoms with E-state index in [0.717, 1.165) is 18.5 Å². The molecule has 1 heterocycles. The fraction of sp³-hybridized carbons (Fsp3) is 0.538. The average Bonchev–Trinajstić information content (AvgIpc) is 2.74. The minimum absolute atomic E-state index is 0.101. The number of alkyl halides is 2. The molecule has 1 saturated heterocycles. The van der Waals surface area contributed by atoms with Crippen molar-refractivity contribution in [2.24, 2.45) is 0 Å². The van der Waals surface area contributed by atoms with E-state index in [4.69, 9.17) is 4.74 Å². The normalized spacial score (nSPS) is 23.4. The minimum Gasteiger partial charge on any atom is -0.493 e. The van der Waals surface area contributed by atoms with Gasteiger partial charge in [-0.2, -0.15) is 8.78 Å². The van der Waals surface area contributed by atoms with Crippen molar-refractivity contribution in [2.75, 3.05) is 13.7 Å². The summed E-state index contributed by atoms with van der Waals surface area (Å²) in [6, 6.07) is 5.58. The monoisotopic (exact) mass is 257 g/mol. The van der Waals surface area contributed by atoms with Crippen LogP contribution in [-0.2, 0) is 0 Å². The first kappa shape index (κ1) is 13.1. The predicted octanol–water partition coefficient (Wildman–Crippen LogP) is 2.76. The molecule has 0 spiro atoms. The topological polar surface area (TPSA) is 30.5 Å². The van der Waals surface area contributed by atoms with Crippen LogP contribution in [0.25, 0.3) is 0 Å². The van der Waals surface area contributed by atoms with Crippen molar-refractivity contribution in [3.8, 4) is 11.5 Å². The van der Waals surface area contributed by atoms with Crippen molar-refractivity contribution in [1.29, 1.82) is 0 Å². The number of hydrogen-bond donors (Lipinski definition) is 1. The molecule has 0 saturated carbocycles. The van der Waals surface area contributed by atoms with Crippen LogP contribution in [0.4, 0.5) is 8.78 Å². The molecule has 1 N–H and O–H groups in total. The Morgan fingerprint density at radius 3 is 2.67 bits per heavy atom. The van der Waals surface area contributed by atoms with Gasteiger partial charge in [-0.15, -0.1) is 0 Å². The van der Waals surface area contributed by atoms with Crippen LogP contribution in [0, 0.1) is 0 Å². The number of methoxy groups -OCH3 is 1. The van der Waals surface area contributed by atoms with Gasteiger partial charge in [-0.3, -0.25) is 0 Å². The molecule has 1 aromatic carbocycles. The molecule has 5 heteroatoms. The SMILES string of the molecule is COc1ccc(C2CCNC2C)cc1OC(F)F. The lowest BCUT2D eigenvalue weighted by atomic mass is 9.92. The molecule has 1 aliphatic rings. The van der Waals surface area contributed by atoms with Crippen LogP contribution in [0.1, 0.15) is 24.8 Å². The van der Waals surface area contributed by atoms with Crippen molar-refractivity contribution in [2.45, 2.75) is 31.9 Å².